The molecule has 0 bridgehead atoms. The number of imide groups is 1. The molecule has 12 heteroatoms. The van der Waals surface area contributed by atoms with Crippen molar-refractivity contribution in [1.29, 1.82) is 0 Å². The van der Waals surface area contributed by atoms with Crippen molar-refractivity contribution >= 4 is 36.6 Å². The first-order valence-corrected chi connectivity index (χ1v) is 14.9. The molecule has 2 aromatic heterocycles. The normalized spacial score (nSPS) is 24.0. The molecule has 4 N–H and O–H groups in total. The van der Waals surface area contributed by atoms with Gasteiger partial charge in [-0.3, -0.25) is 24.3 Å². The van der Waals surface area contributed by atoms with Crippen LogP contribution in [0.25, 0.3) is 11.6 Å². The van der Waals surface area contributed by atoms with Crippen LogP contribution < -0.4 is 0 Å². The molecule has 43 heavy (non-hydrogen) atoms. The summed E-state index contributed by atoms with van der Waals surface area (Å²) in [7, 11) is -1.13. The molecule has 0 aromatic carbocycles. The predicted octanol–water partition coefficient (Wildman–Crippen LogP) is 2.92. The number of fused-ring (bicyclic) bond motifs is 3. The Balaban J connectivity index is 1.36. The van der Waals surface area contributed by atoms with Crippen molar-refractivity contribution in [2.24, 2.45) is 17.8 Å². The van der Waals surface area contributed by atoms with Gasteiger partial charge in [0.15, 0.2) is 0 Å². The number of carboxylic acids is 1. The molecule has 0 saturated carbocycles. The molecule has 4 heterocycles. The predicted molar refractivity (Wildman–Crippen MR) is 156 cm³/mol. The lowest BCUT2D eigenvalue weighted by Gasteiger charge is -2.43. The minimum atomic E-state index is -1.13. The van der Waals surface area contributed by atoms with Gasteiger partial charge in [-0.15, -0.1) is 0 Å². The maximum atomic E-state index is 13.6. The molecule has 2 aromatic rings. The Kier molecular flexibility index (Phi) is 9.91. The van der Waals surface area contributed by atoms with E-state index in [2.05, 4.69) is 4.98 Å². The van der Waals surface area contributed by atoms with Crippen molar-refractivity contribution in [3.8, 4) is 0 Å². The van der Waals surface area contributed by atoms with E-state index in [4.69, 9.17) is 14.2 Å². The molecule has 2 amide bonds. The van der Waals surface area contributed by atoms with Crippen LogP contribution in [-0.4, -0.2) is 74.4 Å². The Labute approximate surface area is 250 Å². The molecular formula is C31H37BN2O9. The molecule has 0 unspecified atom stereocenters. The number of unbranched alkanes of at least 4 members (excludes halogenated alkanes) is 2. The number of rotatable bonds is 13. The standard InChI is InChI=1S/C31H37BN2O9/c35-17-20-15-23-29(31(40)34(30(23)39)13-5-1-2-7-27(37)38)24-16-32(41)43-26(28(20)24)11-8-19(25-6-3-4-12-33-25)14-21-9-10-22(18-36)42-21/h3-4,6,9-10,12,14,23-24,26,29,35-36,41H,1-2,5,7-8,11,13,15-18H2,(H,37,38)/b19-14-/t23-,24+,26-,29-/m1/s1. The second-order valence-corrected chi connectivity index (χ2v) is 11.4. The SMILES string of the molecule is O=C(O)CCCCCN1C(=O)[C@@H]2[C@@H](CC(CO)=C3[C@@H](CC/C(=C/c4ccc(CO)o4)c4ccccn4)OB(O)C[C@@H]32)C1=O. The van der Waals surface area contributed by atoms with Gasteiger partial charge in [0, 0.05) is 19.2 Å². The third-order valence-electron chi connectivity index (χ3n) is 8.69. The van der Waals surface area contributed by atoms with E-state index < -0.39 is 36.9 Å². The summed E-state index contributed by atoms with van der Waals surface area (Å²) in [4.78, 5) is 43.6. The van der Waals surface area contributed by atoms with Gasteiger partial charge >= 0.3 is 13.1 Å². The first-order chi connectivity index (χ1) is 20.8. The molecule has 3 aliphatic rings. The van der Waals surface area contributed by atoms with Gasteiger partial charge in [-0.05, 0) is 91.4 Å². The van der Waals surface area contributed by atoms with E-state index in [-0.39, 0.29) is 50.7 Å². The zero-order chi connectivity index (χ0) is 30.5. The fourth-order valence-electron chi connectivity index (χ4n) is 6.76. The van der Waals surface area contributed by atoms with E-state index in [9.17, 15) is 29.6 Å². The monoisotopic (exact) mass is 592 g/mol. The maximum absolute atomic E-state index is 13.6. The first kappa shape index (κ1) is 30.9. The summed E-state index contributed by atoms with van der Waals surface area (Å²) in [6.45, 7) is -0.265. The van der Waals surface area contributed by atoms with E-state index >= 15 is 0 Å². The van der Waals surface area contributed by atoms with Crippen molar-refractivity contribution in [2.75, 3.05) is 13.2 Å². The highest BCUT2D eigenvalue weighted by Crippen LogP contribution is 2.50. The summed E-state index contributed by atoms with van der Waals surface area (Å²) in [5, 5.41) is 39.4. The number of furan rings is 1. The number of aliphatic hydroxyl groups is 2. The number of hydrogen-bond acceptors (Lipinski definition) is 9. The van der Waals surface area contributed by atoms with Crippen LogP contribution in [-0.2, 0) is 25.6 Å². The van der Waals surface area contributed by atoms with E-state index in [0.29, 0.717) is 49.2 Å². The van der Waals surface area contributed by atoms with Gasteiger partial charge in [0.1, 0.15) is 18.1 Å². The zero-order valence-electron chi connectivity index (χ0n) is 23.9. The van der Waals surface area contributed by atoms with Crippen LogP contribution in [0.1, 0.15) is 62.2 Å². The Morgan fingerprint density at radius 2 is 1.88 bits per heavy atom. The Morgan fingerprint density at radius 1 is 1.05 bits per heavy atom. The summed E-state index contributed by atoms with van der Waals surface area (Å²) in [5.41, 5.74) is 3.04. The topological polar surface area (TPSA) is 171 Å². The highest BCUT2D eigenvalue weighted by Gasteiger charge is 2.57. The second-order valence-electron chi connectivity index (χ2n) is 11.4. The quantitative estimate of drug-likeness (QED) is 0.117. The van der Waals surface area contributed by atoms with Gasteiger partial charge in [-0.2, -0.15) is 0 Å². The molecule has 0 radical (unpaired) electrons. The van der Waals surface area contributed by atoms with Crippen molar-refractivity contribution < 1.29 is 43.8 Å². The van der Waals surface area contributed by atoms with Crippen LogP contribution in [0.3, 0.4) is 0 Å². The number of amides is 2. The van der Waals surface area contributed by atoms with Crippen LogP contribution in [0.2, 0.25) is 6.32 Å². The van der Waals surface area contributed by atoms with Crippen LogP contribution in [0.15, 0.2) is 52.1 Å². The van der Waals surface area contributed by atoms with Crippen LogP contribution >= 0.6 is 0 Å². The number of likely N-dealkylation sites (tertiary alicyclic amines) is 1. The Hall–Kier alpha value is -3.58. The molecule has 4 atom stereocenters. The molecular weight excluding hydrogens is 555 g/mol. The maximum Gasteiger partial charge on any atom is 0.455 e. The fraction of sp³-hybridized carbons (Fsp3) is 0.484. The summed E-state index contributed by atoms with van der Waals surface area (Å²) in [5.74, 6) is -2.09. The Bertz CT molecular complexity index is 1390. The zero-order valence-corrected chi connectivity index (χ0v) is 23.9. The highest BCUT2D eigenvalue weighted by atomic mass is 16.5. The number of aliphatic carboxylic acids is 1. The summed E-state index contributed by atoms with van der Waals surface area (Å²) in [6.07, 6.45) is 5.90. The van der Waals surface area contributed by atoms with Gasteiger partial charge in [-0.1, -0.05) is 12.5 Å². The molecule has 2 fully saturated rings. The summed E-state index contributed by atoms with van der Waals surface area (Å²) < 4.78 is 11.7. The van der Waals surface area contributed by atoms with Crippen LogP contribution in [0.5, 0.6) is 0 Å². The number of pyridine rings is 1. The third kappa shape index (κ3) is 6.83. The van der Waals surface area contributed by atoms with Crippen molar-refractivity contribution in [1.82, 2.24) is 9.88 Å². The van der Waals surface area contributed by atoms with Gasteiger partial charge in [-0.25, -0.2) is 0 Å². The van der Waals surface area contributed by atoms with Gasteiger partial charge in [0.2, 0.25) is 11.8 Å². The van der Waals surface area contributed by atoms with E-state index in [1.165, 1.54) is 4.90 Å². The van der Waals surface area contributed by atoms with E-state index in [1.807, 2.05) is 24.3 Å². The molecule has 228 valence electrons. The lowest BCUT2D eigenvalue weighted by molar-refractivity contribution is -0.141. The largest absolute Gasteiger partial charge is 0.481 e. The molecule has 2 aliphatic heterocycles. The van der Waals surface area contributed by atoms with Gasteiger partial charge in [0.25, 0.3) is 0 Å². The number of carbonyl (C=O) groups is 3. The Morgan fingerprint density at radius 3 is 2.58 bits per heavy atom. The highest BCUT2D eigenvalue weighted by molar-refractivity contribution is 6.43. The number of carboxylic acid groups (broad SMARTS) is 1. The fourth-order valence-corrected chi connectivity index (χ4v) is 6.76. The smallest absolute Gasteiger partial charge is 0.455 e. The lowest BCUT2D eigenvalue weighted by Crippen LogP contribution is -2.46. The first-order valence-electron chi connectivity index (χ1n) is 14.9. The van der Waals surface area contributed by atoms with Gasteiger partial charge < -0.3 is 29.4 Å². The number of allylic oxidation sites excluding steroid dienone is 1. The van der Waals surface area contributed by atoms with E-state index in [0.717, 1.165) is 16.8 Å². The van der Waals surface area contributed by atoms with E-state index in [1.54, 1.807) is 18.3 Å². The summed E-state index contributed by atoms with van der Waals surface area (Å²) in [6, 6.07) is 9.04. The molecule has 11 nitrogen and oxygen atoms in total. The van der Waals surface area contributed by atoms with Gasteiger partial charge in [0.05, 0.1) is 30.2 Å². The summed E-state index contributed by atoms with van der Waals surface area (Å²) >= 11 is 0. The minimum absolute atomic E-state index is 0.0457. The minimum Gasteiger partial charge on any atom is -0.481 e. The number of aliphatic hydroxyl groups excluding tert-OH is 2. The van der Waals surface area contributed by atoms with Crippen molar-refractivity contribution in [2.45, 2.75) is 64.0 Å². The number of nitrogens with zero attached hydrogens (tertiary/aromatic N) is 2. The molecule has 0 spiro atoms. The number of aromatic nitrogens is 1. The van der Waals surface area contributed by atoms with Crippen LogP contribution in [0.4, 0.5) is 0 Å². The third-order valence-corrected chi connectivity index (χ3v) is 8.69. The number of carbonyl (C=O) groups excluding carboxylic acids is 2. The molecule has 2 saturated heterocycles. The number of hydrogen-bond donors (Lipinski definition) is 4. The lowest BCUT2D eigenvalue weighted by atomic mass is 9.58. The average molecular weight is 592 g/mol. The molecule has 1 aliphatic carbocycles. The van der Waals surface area contributed by atoms with Crippen molar-refractivity contribution in [3.05, 3.63) is 64.9 Å². The second kappa shape index (κ2) is 13.8. The van der Waals surface area contributed by atoms with Crippen LogP contribution in [0, 0.1) is 17.8 Å². The molecule has 5 rings (SSSR count). The average Bonchev–Trinajstić information content (AvgIpc) is 3.56. The van der Waals surface area contributed by atoms with Crippen molar-refractivity contribution in [3.63, 3.8) is 0 Å².